The van der Waals surface area contributed by atoms with Gasteiger partial charge >= 0.3 is 0 Å². The molecule has 2 atom stereocenters. The van der Waals surface area contributed by atoms with Crippen molar-refractivity contribution in [1.29, 1.82) is 0 Å². The first-order chi connectivity index (χ1) is 9.15. The SMILES string of the molecule is O=[N+]([O-])c1ccc(F)cc1N1CC2CCCNC2C1. The number of nitrogens with one attached hydrogen (secondary N) is 1. The van der Waals surface area contributed by atoms with Crippen molar-refractivity contribution >= 4 is 11.4 Å². The Morgan fingerprint density at radius 3 is 3.00 bits per heavy atom. The maximum atomic E-state index is 13.4. The van der Waals surface area contributed by atoms with Crippen molar-refractivity contribution < 1.29 is 9.31 Å². The molecule has 0 bridgehead atoms. The van der Waals surface area contributed by atoms with Crippen molar-refractivity contribution in [3.63, 3.8) is 0 Å². The monoisotopic (exact) mass is 265 g/mol. The van der Waals surface area contributed by atoms with Crippen molar-refractivity contribution in [3.8, 4) is 0 Å². The molecule has 0 radical (unpaired) electrons. The van der Waals surface area contributed by atoms with E-state index in [1.807, 2.05) is 4.90 Å². The number of nitro benzene ring substituents is 1. The molecule has 2 heterocycles. The average Bonchev–Trinajstić information content (AvgIpc) is 2.81. The van der Waals surface area contributed by atoms with Crippen LogP contribution in [-0.4, -0.2) is 30.6 Å². The van der Waals surface area contributed by atoms with Crippen molar-refractivity contribution in [2.45, 2.75) is 18.9 Å². The fourth-order valence-corrected chi connectivity index (χ4v) is 3.15. The van der Waals surface area contributed by atoms with Crippen LogP contribution in [0.3, 0.4) is 0 Å². The number of rotatable bonds is 2. The summed E-state index contributed by atoms with van der Waals surface area (Å²) in [7, 11) is 0. The summed E-state index contributed by atoms with van der Waals surface area (Å²) >= 11 is 0. The maximum Gasteiger partial charge on any atom is 0.292 e. The summed E-state index contributed by atoms with van der Waals surface area (Å²) < 4.78 is 13.4. The zero-order valence-electron chi connectivity index (χ0n) is 10.5. The zero-order valence-corrected chi connectivity index (χ0v) is 10.5. The summed E-state index contributed by atoms with van der Waals surface area (Å²) in [6.45, 7) is 2.48. The minimum Gasteiger partial charge on any atom is -0.364 e. The van der Waals surface area contributed by atoms with E-state index < -0.39 is 10.7 Å². The predicted octanol–water partition coefficient (Wildman–Crippen LogP) is 1.92. The Bertz CT molecular complexity index is 495. The number of piperidine rings is 1. The second-order valence-corrected chi connectivity index (χ2v) is 5.26. The van der Waals surface area contributed by atoms with Crippen LogP contribution < -0.4 is 10.2 Å². The lowest BCUT2D eigenvalue weighted by molar-refractivity contribution is -0.384. The standard InChI is InChI=1S/C13H16FN3O2/c14-10-3-4-12(17(18)19)13(6-10)16-7-9-2-1-5-15-11(9)8-16/h3-4,6,9,11,15H,1-2,5,7-8H2. The van der Waals surface area contributed by atoms with Gasteiger partial charge in [-0.25, -0.2) is 4.39 Å². The van der Waals surface area contributed by atoms with Gasteiger partial charge in [-0.05, 0) is 31.4 Å². The number of anilines is 1. The molecule has 0 saturated carbocycles. The van der Waals surface area contributed by atoms with Crippen LogP contribution in [0.2, 0.25) is 0 Å². The molecule has 102 valence electrons. The first-order valence-corrected chi connectivity index (χ1v) is 6.57. The van der Waals surface area contributed by atoms with Crippen LogP contribution in [-0.2, 0) is 0 Å². The lowest BCUT2D eigenvalue weighted by Crippen LogP contribution is -2.40. The van der Waals surface area contributed by atoms with Gasteiger partial charge in [0.2, 0.25) is 0 Å². The molecule has 6 heteroatoms. The van der Waals surface area contributed by atoms with Gasteiger partial charge in [-0.1, -0.05) is 0 Å². The van der Waals surface area contributed by atoms with Crippen LogP contribution in [0.15, 0.2) is 18.2 Å². The quantitative estimate of drug-likeness (QED) is 0.655. The highest BCUT2D eigenvalue weighted by atomic mass is 19.1. The molecule has 19 heavy (non-hydrogen) atoms. The van der Waals surface area contributed by atoms with Gasteiger partial charge in [0.15, 0.2) is 0 Å². The Morgan fingerprint density at radius 1 is 1.42 bits per heavy atom. The summed E-state index contributed by atoms with van der Waals surface area (Å²) in [5.41, 5.74) is 0.390. The van der Waals surface area contributed by atoms with Gasteiger partial charge in [0.05, 0.1) is 4.92 Å². The second-order valence-electron chi connectivity index (χ2n) is 5.26. The van der Waals surface area contributed by atoms with E-state index in [9.17, 15) is 14.5 Å². The molecular weight excluding hydrogens is 249 g/mol. The summed E-state index contributed by atoms with van der Waals surface area (Å²) in [5.74, 6) is 0.0834. The van der Waals surface area contributed by atoms with E-state index in [4.69, 9.17) is 0 Å². The van der Waals surface area contributed by atoms with Gasteiger partial charge in [0, 0.05) is 31.3 Å². The molecule has 0 aliphatic carbocycles. The van der Waals surface area contributed by atoms with E-state index in [0.717, 1.165) is 38.5 Å². The largest absolute Gasteiger partial charge is 0.364 e. The topological polar surface area (TPSA) is 58.4 Å². The lowest BCUT2D eigenvalue weighted by Gasteiger charge is -2.24. The van der Waals surface area contributed by atoms with Crippen molar-refractivity contribution in [3.05, 3.63) is 34.1 Å². The molecule has 0 aromatic heterocycles. The molecule has 0 amide bonds. The Kier molecular flexibility index (Phi) is 3.10. The van der Waals surface area contributed by atoms with E-state index >= 15 is 0 Å². The highest BCUT2D eigenvalue weighted by Gasteiger charge is 2.36. The molecule has 2 aliphatic heterocycles. The summed E-state index contributed by atoms with van der Waals surface area (Å²) in [5, 5.41) is 14.5. The molecular formula is C13H16FN3O2. The molecule has 2 saturated heterocycles. The van der Waals surface area contributed by atoms with E-state index in [1.54, 1.807) is 0 Å². The van der Waals surface area contributed by atoms with Gasteiger partial charge in [-0.3, -0.25) is 10.1 Å². The van der Waals surface area contributed by atoms with E-state index in [2.05, 4.69) is 5.32 Å². The van der Waals surface area contributed by atoms with Crippen LogP contribution in [0.25, 0.3) is 0 Å². The third-order valence-electron chi connectivity index (χ3n) is 4.07. The summed E-state index contributed by atoms with van der Waals surface area (Å²) in [6.07, 6.45) is 2.28. The molecule has 1 N–H and O–H groups in total. The first-order valence-electron chi connectivity index (χ1n) is 6.57. The average molecular weight is 265 g/mol. The number of halogens is 1. The Hall–Kier alpha value is -1.69. The minimum atomic E-state index is -0.440. The number of benzene rings is 1. The molecule has 2 aliphatic rings. The first kappa shape index (κ1) is 12.3. The van der Waals surface area contributed by atoms with Gasteiger partial charge in [0.25, 0.3) is 5.69 Å². The fraction of sp³-hybridized carbons (Fsp3) is 0.538. The van der Waals surface area contributed by atoms with E-state index in [-0.39, 0.29) is 5.69 Å². The van der Waals surface area contributed by atoms with Crippen LogP contribution in [0, 0.1) is 21.8 Å². The summed E-state index contributed by atoms with van der Waals surface area (Å²) in [4.78, 5) is 12.5. The third-order valence-corrected chi connectivity index (χ3v) is 4.07. The van der Waals surface area contributed by atoms with E-state index in [0.29, 0.717) is 17.6 Å². The fourth-order valence-electron chi connectivity index (χ4n) is 3.15. The molecule has 5 nitrogen and oxygen atoms in total. The predicted molar refractivity (Wildman–Crippen MR) is 69.8 cm³/mol. The molecule has 0 spiro atoms. The number of nitro groups is 1. The molecule has 1 aromatic rings. The smallest absolute Gasteiger partial charge is 0.292 e. The summed E-state index contributed by atoms with van der Waals surface area (Å²) in [6, 6.07) is 4.04. The number of nitrogens with zero attached hydrogens (tertiary/aromatic N) is 2. The Morgan fingerprint density at radius 2 is 2.26 bits per heavy atom. The van der Waals surface area contributed by atoms with Gasteiger partial charge in [-0.15, -0.1) is 0 Å². The van der Waals surface area contributed by atoms with Gasteiger partial charge in [0.1, 0.15) is 11.5 Å². The van der Waals surface area contributed by atoms with Crippen LogP contribution >= 0.6 is 0 Å². The number of hydrogen-bond acceptors (Lipinski definition) is 4. The van der Waals surface area contributed by atoms with Crippen LogP contribution in [0.5, 0.6) is 0 Å². The normalized spacial score (nSPS) is 26.3. The van der Waals surface area contributed by atoms with Crippen molar-refractivity contribution in [2.24, 2.45) is 5.92 Å². The molecule has 3 rings (SSSR count). The van der Waals surface area contributed by atoms with E-state index in [1.165, 1.54) is 12.1 Å². The van der Waals surface area contributed by atoms with Crippen molar-refractivity contribution in [2.75, 3.05) is 24.5 Å². The third kappa shape index (κ3) is 2.28. The number of hydrogen-bond donors (Lipinski definition) is 1. The Labute approximate surface area is 110 Å². The molecule has 1 aromatic carbocycles. The molecule has 2 unspecified atom stereocenters. The number of fused-ring (bicyclic) bond motifs is 1. The molecule has 2 fully saturated rings. The maximum absolute atomic E-state index is 13.4. The van der Waals surface area contributed by atoms with Crippen molar-refractivity contribution in [1.82, 2.24) is 5.32 Å². The van der Waals surface area contributed by atoms with Crippen LogP contribution in [0.4, 0.5) is 15.8 Å². The Balaban J connectivity index is 1.90. The zero-order chi connectivity index (χ0) is 13.4. The minimum absolute atomic E-state index is 0.0138. The highest BCUT2D eigenvalue weighted by molar-refractivity contribution is 5.64. The second kappa shape index (κ2) is 4.77. The lowest BCUT2D eigenvalue weighted by atomic mass is 9.94. The van der Waals surface area contributed by atoms with Gasteiger partial charge < -0.3 is 10.2 Å². The van der Waals surface area contributed by atoms with Crippen LogP contribution in [0.1, 0.15) is 12.8 Å². The van der Waals surface area contributed by atoms with Gasteiger partial charge in [-0.2, -0.15) is 0 Å². The highest BCUT2D eigenvalue weighted by Crippen LogP contribution is 2.34.